The van der Waals surface area contributed by atoms with Crippen LogP contribution in [0.2, 0.25) is 5.02 Å². The molecule has 0 spiro atoms. The number of benzene rings is 2. The molecule has 0 aliphatic carbocycles. The zero-order chi connectivity index (χ0) is 20.9. The van der Waals surface area contributed by atoms with E-state index in [0.717, 1.165) is 5.56 Å². The molecule has 0 fully saturated rings. The predicted molar refractivity (Wildman–Crippen MR) is 112 cm³/mol. The monoisotopic (exact) mass is 444 g/mol. The third kappa shape index (κ3) is 4.66. The summed E-state index contributed by atoms with van der Waals surface area (Å²) < 4.78 is 17.6. The number of nitrogens with two attached hydrogens (primary N) is 1. The Hall–Kier alpha value is -3.24. The number of rotatable bonds is 8. The molecule has 0 radical (unpaired) electrons. The Bertz CT molecular complexity index is 1150. The minimum atomic E-state index is 0.163. The average Bonchev–Trinajstić information content (AvgIpc) is 3.38. The largest absolute Gasteiger partial charge is 0.497 e. The normalized spacial score (nSPS) is 10.9. The van der Waals surface area contributed by atoms with Crippen molar-refractivity contribution in [2.75, 3.05) is 13.0 Å². The van der Waals surface area contributed by atoms with Gasteiger partial charge in [-0.15, -0.1) is 10.2 Å². The fraction of sp³-hybridized carbons (Fsp3) is 0.158. The summed E-state index contributed by atoms with van der Waals surface area (Å²) in [6.07, 6.45) is 0. The van der Waals surface area contributed by atoms with Gasteiger partial charge in [0.2, 0.25) is 16.9 Å². The Kier molecular flexibility index (Phi) is 6.05. The smallest absolute Gasteiger partial charge is 0.237 e. The van der Waals surface area contributed by atoms with E-state index >= 15 is 0 Å². The summed E-state index contributed by atoms with van der Waals surface area (Å²) in [4.78, 5) is 4.37. The maximum Gasteiger partial charge on any atom is 0.237 e. The molecular formula is C19H17ClN6O3S. The lowest BCUT2D eigenvalue weighted by atomic mass is 10.2. The lowest BCUT2D eigenvalue weighted by molar-refractivity contribution is 0.289. The zero-order valence-corrected chi connectivity index (χ0v) is 17.4. The van der Waals surface area contributed by atoms with Gasteiger partial charge in [0.1, 0.15) is 18.1 Å². The summed E-state index contributed by atoms with van der Waals surface area (Å²) in [5.41, 5.74) is 0.779. The maximum atomic E-state index is 6.09. The molecule has 0 unspecified atom stereocenters. The van der Waals surface area contributed by atoms with Crippen LogP contribution >= 0.6 is 23.4 Å². The van der Waals surface area contributed by atoms with E-state index in [0.29, 0.717) is 45.0 Å². The van der Waals surface area contributed by atoms with E-state index in [1.54, 1.807) is 25.3 Å². The minimum Gasteiger partial charge on any atom is -0.497 e. The van der Waals surface area contributed by atoms with E-state index in [4.69, 9.17) is 31.4 Å². The lowest BCUT2D eigenvalue weighted by Crippen LogP contribution is -2.15. The molecule has 0 saturated heterocycles. The van der Waals surface area contributed by atoms with Crippen molar-refractivity contribution in [3.05, 3.63) is 65.3 Å². The van der Waals surface area contributed by atoms with Gasteiger partial charge in [0, 0.05) is 16.7 Å². The topological polar surface area (TPSA) is 114 Å². The van der Waals surface area contributed by atoms with E-state index in [2.05, 4.69) is 20.3 Å². The van der Waals surface area contributed by atoms with Gasteiger partial charge >= 0.3 is 0 Å². The quantitative estimate of drug-likeness (QED) is 0.321. The third-order valence-electron chi connectivity index (χ3n) is 4.02. The highest BCUT2D eigenvalue weighted by molar-refractivity contribution is 7.98. The molecule has 0 aliphatic heterocycles. The molecule has 2 heterocycles. The Labute approximate surface area is 181 Å². The summed E-state index contributed by atoms with van der Waals surface area (Å²) in [5, 5.41) is 13.3. The van der Waals surface area contributed by atoms with E-state index < -0.39 is 0 Å². The summed E-state index contributed by atoms with van der Waals surface area (Å²) in [5.74, 6) is 9.20. The van der Waals surface area contributed by atoms with Gasteiger partial charge in [-0.05, 0) is 24.3 Å². The van der Waals surface area contributed by atoms with Crippen LogP contribution in [0.3, 0.4) is 0 Å². The summed E-state index contributed by atoms with van der Waals surface area (Å²) >= 11 is 7.33. The van der Waals surface area contributed by atoms with Gasteiger partial charge in [-0.1, -0.05) is 46.7 Å². The summed E-state index contributed by atoms with van der Waals surface area (Å²) in [6.45, 7) is 0.163. The second-order valence-corrected chi connectivity index (χ2v) is 7.43. The van der Waals surface area contributed by atoms with Crippen LogP contribution < -0.4 is 15.3 Å². The highest BCUT2D eigenvalue weighted by Gasteiger charge is 2.14. The number of hydrogen-bond donors (Lipinski definition) is 1. The van der Waals surface area contributed by atoms with Gasteiger partial charge in [0.05, 0.1) is 12.9 Å². The number of nitrogens with zero attached hydrogens (tertiary/aromatic N) is 5. The Morgan fingerprint density at radius 2 is 1.97 bits per heavy atom. The van der Waals surface area contributed by atoms with E-state index in [-0.39, 0.29) is 6.61 Å². The van der Waals surface area contributed by atoms with Gasteiger partial charge < -0.3 is 19.8 Å². The fourth-order valence-electron chi connectivity index (χ4n) is 2.53. The van der Waals surface area contributed by atoms with E-state index in [1.165, 1.54) is 16.4 Å². The Balaban J connectivity index is 1.36. The standard InChI is InChI=1S/C19H17ClN6O3S/c1-27-14-6-3-7-15(9-14)28-10-16-23-24-19(26(16)21)30-11-17-22-18(25-29-17)12-4-2-5-13(20)8-12/h2-9H,10-11,21H2,1H3. The van der Waals surface area contributed by atoms with Gasteiger partial charge in [0.15, 0.2) is 5.82 Å². The maximum absolute atomic E-state index is 6.09. The zero-order valence-electron chi connectivity index (χ0n) is 15.9. The second-order valence-electron chi connectivity index (χ2n) is 6.05. The van der Waals surface area contributed by atoms with Crippen molar-refractivity contribution in [1.82, 2.24) is 25.0 Å². The molecule has 9 nitrogen and oxygen atoms in total. The number of nitrogen functional groups attached to an aromatic ring is 1. The first-order valence-electron chi connectivity index (χ1n) is 8.80. The highest BCUT2D eigenvalue weighted by Crippen LogP contribution is 2.24. The van der Waals surface area contributed by atoms with Crippen LogP contribution in [0.25, 0.3) is 11.4 Å². The molecule has 0 bridgehead atoms. The molecule has 2 N–H and O–H groups in total. The molecule has 0 amide bonds. The van der Waals surface area contributed by atoms with Crippen molar-refractivity contribution in [1.29, 1.82) is 0 Å². The van der Waals surface area contributed by atoms with Crippen LogP contribution in [0.4, 0.5) is 0 Å². The minimum absolute atomic E-state index is 0.163. The number of hydrogen-bond acceptors (Lipinski definition) is 9. The van der Waals surface area contributed by atoms with Crippen molar-refractivity contribution >= 4 is 23.4 Å². The van der Waals surface area contributed by atoms with Crippen molar-refractivity contribution in [2.24, 2.45) is 0 Å². The molecule has 2 aromatic heterocycles. The predicted octanol–water partition coefficient (Wildman–Crippen LogP) is 3.58. The van der Waals surface area contributed by atoms with Crippen LogP contribution in [0.5, 0.6) is 11.5 Å². The molecule has 4 rings (SSSR count). The first-order valence-corrected chi connectivity index (χ1v) is 10.2. The van der Waals surface area contributed by atoms with Crippen LogP contribution in [-0.2, 0) is 12.4 Å². The average molecular weight is 445 g/mol. The van der Waals surface area contributed by atoms with E-state index in [9.17, 15) is 0 Å². The summed E-state index contributed by atoms with van der Waals surface area (Å²) in [7, 11) is 1.60. The lowest BCUT2D eigenvalue weighted by Gasteiger charge is -2.07. The highest BCUT2D eigenvalue weighted by atomic mass is 35.5. The Morgan fingerprint density at radius 1 is 1.13 bits per heavy atom. The molecule has 2 aromatic carbocycles. The van der Waals surface area contributed by atoms with Crippen molar-refractivity contribution in [3.63, 3.8) is 0 Å². The fourth-order valence-corrected chi connectivity index (χ4v) is 3.43. The molecule has 11 heteroatoms. The number of thioether (sulfide) groups is 1. The summed E-state index contributed by atoms with van der Waals surface area (Å²) in [6, 6.07) is 14.5. The van der Waals surface area contributed by atoms with Crippen LogP contribution in [0, 0.1) is 0 Å². The molecule has 154 valence electrons. The molecule has 0 saturated carbocycles. The second kappa shape index (κ2) is 9.06. The first kappa shape index (κ1) is 20.0. The number of ether oxygens (including phenoxy) is 2. The third-order valence-corrected chi connectivity index (χ3v) is 5.18. The van der Waals surface area contributed by atoms with Gasteiger partial charge in [-0.2, -0.15) is 4.98 Å². The van der Waals surface area contributed by atoms with Crippen molar-refractivity contribution in [2.45, 2.75) is 17.5 Å². The van der Waals surface area contributed by atoms with E-state index in [1.807, 2.05) is 30.3 Å². The molecule has 0 aliphatic rings. The van der Waals surface area contributed by atoms with Gasteiger partial charge in [-0.3, -0.25) is 0 Å². The number of halogens is 1. The van der Waals surface area contributed by atoms with Crippen LogP contribution in [0.15, 0.2) is 58.2 Å². The first-order chi connectivity index (χ1) is 14.6. The molecule has 4 aromatic rings. The SMILES string of the molecule is COc1cccc(OCc2nnc(SCc3nc(-c4cccc(Cl)c4)no3)n2N)c1. The number of methoxy groups -OCH3 is 1. The van der Waals surface area contributed by atoms with Crippen LogP contribution in [0.1, 0.15) is 11.7 Å². The van der Waals surface area contributed by atoms with Crippen molar-refractivity contribution < 1.29 is 14.0 Å². The van der Waals surface area contributed by atoms with Crippen molar-refractivity contribution in [3.8, 4) is 22.9 Å². The Morgan fingerprint density at radius 3 is 2.80 bits per heavy atom. The van der Waals surface area contributed by atoms with Gasteiger partial charge in [0.25, 0.3) is 0 Å². The molecular weight excluding hydrogens is 428 g/mol. The van der Waals surface area contributed by atoms with Crippen LogP contribution in [-0.4, -0.2) is 32.1 Å². The van der Waals surface area contributed by atoms with Gasteiger partial charge in [-0.25, -0.2) is 4.68 Å². The molecule has 30 heavy (non-hydrogen) atoms. The molecule has 0 atom stereocenters. The number of aromatic nitrogens is 5.